The minimum absolute atomic E-state index is 0.0834. The van der Waals surface area contributed by atoms with Gasteiger partial charge in [0.2, 0.25) is 5.91 Å². The van der Waals surface area contributed by atoms with E-state index >= 15 is 0 Å². The Kier molecular flexibility index (Phi) is 6.62. The summed E-state index contributed by atoms with van der Waals surface area (Å²) in [5.41, 5.74) is 1.48. The summed E-state index contributed by atoms with van der Waals surface area (Å²) >= 11 is 0. The first kappa shape index (κ1) is 21.0. The summed E-state index contributed by atoms with van der Waals surface area (Å²) in [6.07, 6.45) is 1.48. The van der Waals surface area contributed by atoms with Gasteiger partial charge in [-0.1, -0.05) is 32.0 Å². The quantitative estimate of drug-likeness (QED) is 0.794. The third-order valence-corrected chi connectivity index (χ3v) is 5.21. The van der Waals surface area contributed by atoms with E-state index in [1.54, 1.807) is 24.3 Å². The zero-order chi connectivity index (χ0) is 21.0. The van der Waals surface area contributed by atoms with Crippen LogP contribution < -0.4 is 5.32 Å². The van der Waals surface area contributed by atoms with Gasteiger partial charge in [0.1, 0.15) is 0 Å². The van der Waals surface area contributed by atoms with E-state index in [4.69, 9.17) is 0 Å². The molecule has 0 aliphatic carbocycles. The van der Waals surface area contributed by atoms with Crippen LogP contribution in [0.4, 0.5) is 14.5 Å². The average molecular weight is 400 g/mol. The number of aryl methyl sites for hydroxylation is 1. The van der Waals surface area contributed by atoms with Crippen LogP contribution in [0, 0.1) is 23.5 Å². The SMILES string of the molecule is CC1CC(C)CN(C(=O)c2ccccc2NC(=O)CCc2ccc(F)c(F)c2)C1. The Labute approximate surface area is 169 Å². The Bertz CT molecular complexity index is 890. The fourth-order valence-electron chi connectivity index (χ4n) is 3.94. The molecule has 2 amide bonds. The van der Waals surface area contributed by atoms with Crippen molar-refractivity contribution in [2.75, 3.05) is 18.4 Å². The molecule has 4 nitrogen and oxygen atoms in total. The largest absolute Gasteiger partial charge is 0.338 e. The maximum Gasteiger partial charge on any atom is 0.255 e. The summed E-state index contributed by atoms with van der Waals surface area (Å²) in [5, 5.41) is 2.79. The van der Waals surface area contributed by atoms with Crippen LogP contribution in [0.25, 0.3) is 0 Å². The van der Waals surface area contributed by atoms with Crippen molar-refractivity contribution in [3.63, 3.8) is 0 Å². The first-order chi connectivity index (χ1) is 13.8. The number of carbonyl (C=O) groups is 2. The number of nitrogens with zero attached hydrogens (tertiary/aromatic N) is 1. The molecule has 0 spiro atoms. The van der Waals surface area contributed by atoms with Crippen molar-refractivity contribution in [3.8, 4) is 0 Å². The molecule has 0 aromatic heterocycles. The van der Waals surface area contributed by atoms with Crippen LogP contribution in [0.3, 0.4) is 0 Å². The maximum atomic E-state index is 13.3. The smallest absolute Gasteiger partial charge is 0.255 e. The van der Waals surface area contributed by atoms with Gasteiger partial charge in [0, 0.05) is 19.5 Å². The number of likely N-dealkylation sites (tertiary alicyclic amines) is 1. The molecular formula is C23H26F2N2O2. The van der Waals surface area contributed by atoms with Crippen molar-refractivity contribution in [3.05, 3.63) is 65.2 Å². The van der Waals surface area contributed by atoms with Gasteiger partial charge in [0.25, 0.3) is 5.91 Å². The van der Waals surface area contributed by atoms with Gasteiger partial charge in [-0.3, -0.25) is 9.59 Å². The monoisotopic (exact) mass is 400 g/mol. The van der Waals surface area contributed by atoms with Gasteiger partial charge < -0.3 is 10.2 Å². The molecule has 1 aliphatic heterocycles. The van der Waals surface area contributed by atoms with E-state index in [1.165, 1.54) is 6.07 Å². The maximum absolute atomic E-state index is 13.3. The van der Waals surface area contributed by atoms with Crippen LogP contribution in [0.5, 0.6) is 0 Å². The number of benzene rings is 2. The number of rotatable bonds is 5. The molecule has 2 aromatic rings. The lowest BCUT2D eigenvalue weighted by molar-refractivity contribution is -0.116. The summed E-state index contributed by atoms with van der Waals surface area (Å²) < 4.78 is 26.3. The normalized spacial score (nSPS) is 19.1. The highest BCUT2D eigenvalue weighted by Gasteiger charge is 2.27. The molecule has 1 heterocycles. The van der Waals surface area contributed by atoms with Crippen LogP contribution in [-0.4, -0.2) is 29.8 Å². The number of piperidine rings is 1. The van der Waals surface area contributed by atoms with Crippen molar-refractivity contribution in [2.24, 2.45) is 11.8 Å². The van der Waals surface area contributed by atoms with Crippen LogP contribution in [0.15, 0.2) is 42.5 Å². The summed E-state index contributed by atoms with van der Waals surface area (Å²) in [4.78, 5) is 27.3. The Morgan fingerprint density at radius 1 is 1.03 bits per heavy atom. The fraction of sp³-hybridized carbons (Fsp3) is 0.391. The summed E-state index contributed by atoms with van der Waals surface area (Å²) in [6.45, 7) is 5.70. The number of carbonyl (C=O) groups excluding carboxylic acids is 2. The van der Waals surface area contributed by atoms with Crippen LogP contribution >= 0.6 is 0 Å². The molecule has 1 saturated heterocycles. The third kappa shape index (κ3) is 5.40. The number of amides is 2. The lowest BCUT2D eigenvalue weighted by Crippen LogP contribution is -2.42. The molecule has 1 fully saturated rings. The van der Waals surface area contributed by atoms with Gasteiger partial charge >= 0.3 is 0 Å². The molecule has 3 rings (SSSR count). The number of para-hydroxylation sites is 1. The van der Waals surface area contributed by atoms with Crippen LogP contribution in [0.2, 0.25) is 0 Å². The Hall–Kier alpha value is -2.76. The van der Waals surface area contributed by atoms with Gasteiger partial charge in [-0.25, -0.2) is 8.78 Å². The summed E-state index contributed by atoms with van der Waals surface area (Å²) in [7, 11) is 0. The second kappa shape index (κ2) is 9.16. The second-order valence-electron chi connectivity index (χ2n) is 8.00. The average Bonchev–Trinajstić information content (AvgIpc) is 2.68. The predicted molar refractivity (Wildman–Crippen MR) is 109 cm³/mol. The van der Waals surface area contributed by atoms with E-state index in [1.807, 2.05) is 4.90 Å². The number of nitrogens with one attached hydrogen (secondary N) is 1. The van der Waals surface area contributed by atoms with Crippen molar-refractivity contribution in [2.45, 2.75) is 33.1 Å². The van der Waals surface area contributed by atoms with Gasteiger partial charge in [-0.2, -0.15) is 0 Å². The standard InChI is InChI=1S/C23H26F2N2O2/c1-15-11-16(2)14-27(13-15)23(29)18-5-3-4-6-21(18)26-22(28)10-8-17-7-9-19(24)20(25)12-17/h3-7,9,12,15-16H,8,10-11,13-14H2,1-2H3,(H,26,28). The minimum atomic E-state index is -0.927. The highest BCUT2D eigenvalue weighted by molar-refractivity contribution is 6.03. The van der Waals surface area contributed by atoms with E-state index in [9.17, 15) is 18.4 Å². The van der Waals surface area contributed by atoms with Gasteiger partial charge in [-0.15, -0.1) is 0 Å². The van der Waals surface area contributed by atoms with Crippen molar-refractivity contribution in [1.82, 2.24) is 4.90 Å². The molecule has 0 bridgehead atoms. The zero-order valence-electron chi connectivity index (χ0n) is 16.8. The molecule has 29 heavy (non-hydrogen) atoms. The molecular weight excluding hydrogens is 374 g/mol. The zero-order valence-corrected chi connectivity index (χ0v) is 16.8. The molecule has 2 aromatic carbocycles. The van der Waals surface area contributed by atoms with Gasteiger partial charge in [0.05, 0.1) is 11.3 Å². The molecule has 0 saturated carbocycles. The van der Waals surface area contributed by atoms with E-state index < -0.39 is 11.6 Å². The van der Waals surface area contributed by atoms with Crippen LogP contribution in [-0.2, 0) is 11.2 Å². The van der Waals surface area contributed by atoms with Crippen LogP contribution in [0.1, 0.15) is 42.6 Å². The number of halogens is 2. The van der Waals surface area contributed by atoms with Gasteiger partial charge in [-0.05, 0) is 54.5 Å². The van der Waals surface area contributed by atoms with Crippen molar-refractivity contribution >= 4 is 17.5 Å². The fourth-order valence-corrected chi connectivity index (χ4v) is 3.94. The summed E-state index contributed by atoms with van der Waals surface area (Å²) in [5.74, 6) is -1.31. The Morgan fingerprint density at radius 2 is 1.72 bits per heavy atom. The highest BCUT2D eigenvalue weighted by Crippen LogP contribution is 2.25. The third-order valence-electron chi connectivity index (χ3n) is 5.21. The van der Waals surface area contributed by atoms with Crippen molar-refractivity contribution < 1.29 is 18.4 Å². The lowest BCUT2D eigenvalue weighted by Gasteiger charge is -2.35. The highest BCUT2D eigenvalue weighted by atomic mass is 19.2. The molecule has 0 radical (unpaired) electrons. The predicted octanol–water partition coefficient (Wildman–Crippen LogP) is 4.65. The van der Waals surface area contributed by atoms with E-state index in [0.717, 1.165) is 18.6 Å². The minimum Gasteiger partial charge on any atom is -0.338 e. The lowest BCUT2D eigenvalue weighted by atomic mass is 9.91. The molecule has 2 unspecified atom stereocenters. The van der Waals surface area contributed by atoms with Gasteiger partial charge in [0.15, 0.2) is 11.6 Å². The number of hydrogen-bond donors (Lipinski definition) is 1. The summed E-state index contributed by atoms with van der Waals surface area (Å²) in [6, 6.07) is 10.6. The first-order valence-corrected chi connectivity index (χ1v) is 9.95. The number of anilines is 1. The first-order valence-electron chi connectivity index (χ1n) is 9.95. The Balaban J connectivity index is 1.66. The van der Waals surface area contributed by atoms with E-state index in [0.29, 0.717) is 41.7 Å². The Morgan fingerprint density at radius 3 is 2.41 bits per heavy atom. The van der Waals surface area contributed by atoms with Crippen molar-refractivity contribution in [1.29, 1.82) is 0 Å². The molecule has 6 heteroatoms. The second-order valence-corrected chi connectivity index (χ2v) is 8.00. The molecule has 1 aliphatic rings. The topological polar surface area (TPSA) is 49.4 Å². The van der Waals surface area contributed by atoms with E-state index in [-0.39, 0.29) is 24.7 Å². The van der Waals surface area contributed by atoms with E-state index in [2.05, 4.69) is 19.2 Å². The number of hydrogen-bond acceptors (Lipinski definition) is 2. The molecule has 2 atom stereocenters. The molecule has 1 N–H and O–H groups in total. The molecule has 154 valence electrons.